The molecule has 0 bridgehead atoms. The molecule has 0 unspecified atom stereocenters. The fourth-order valence-electron chi connectivity index (χ4n) is 3.24. The summed E-state index contributed by atoms with van der Waals surface area (Å²) in [5.41, 5.74) is 5.24. The van der Waals surface area contributed by atoms with Crippen molar-refractivity contribution in [1.82, 2.24) is 4.90 Å². The SMILES string of the molecule is CC1(C)CCN(C(=O)C2(C(N)=NO)CCCC2)C1. The third kappa shape index (κ3) is 2.06. The first-order chi connectivity index (χ1) is 8.41. The summed E-state index contributed by atoms with van der Waals surface area (Å²) < 4.78 is 0. The van der Waals surface area contributed by atoms with Crippen molar-refractivity contribution in [1.29, 1.82) is 0 Å². The van der Waals surface area contributed by atoms with Crippen molar-refractivity contribution in [3.05, 3.63) is 0 Å². The largest absolute Gasteiger partial charge is 0.409 e. The maximum absolute atomic E-state index is 12.7. The van der Waals surface area contributed by atoms with E-state index in [0.29, 0.717) is 12.8 Å². The normalized spacial score (nSPS) is 26.6. The van der Waals surface area contributed by atoms with Gasteiger partial charge in [-0.15, -0.1) is 0 Å². The van der Waals surface area contributed by atoms with Crippen molar-refractivity contribution >= 4 is 11.7 Å². The van der Waals surface area contributed by atoms with Crippen molar-refractivity contribution in [2.75, 3.05) is 13.1 Å². The summed E-state index contributed by atoms with van der Waals surface area (Å²) in [4.78, 5) is 14.6. The van der Waals surface area contributed by atoms with Crippen LogP contribution < -0.4 is 5.73 Å². The molecule has 1 saturated heterocycles. The van der Waals surface area contributed by atoms with Crippen molar-refractivity contribution in [3.8, 4) is 0 Å². The Morgan fingerprint density at radius 3 is 2.33 bits per heavy atom. The van der Waals surface area contributed by atoms with Gasteiger partial charge >= 0.3 is 0 Å². The summed E-state index contributed by atoms with van der Waals surface area (Å²) >= 11 is 0. The van der Waals surface area contributed by atoms with Gasteiger partial charge in [0.1, 0.15) is 5.41 Å². The van der Waals surface area contributed by atoms with E-state index in [-0.39, 0.29) is 17.2 Å². The second-order valence-electron chi connectivity index (χ2n) is 6.42. The molecular formula is C13H23N3O2. The van der Waals surface area contributed by atoms with Gasteiger partial charge in [-0.1, -0.05) is 31.8 Å². The van der Waals surface area contributed by atoms with Crippen molar-refractivity contribution in [2.45, 2.75) is 46.0 Å². The second-order valence-corrected chi connectivity index (χ2v) is 6.42. The number of hydrogen-bond donors (Lipinski definition) is 2. The standard InChI is InChI=1S/C13H23N3O2/c1-12(2)7-8-16(9-12)11(17)13(10(14)15-18)5-3-4-6-13/h18H,3-9H2,1-2H3,(H2,14,15). The average molecular weight is 253 g/mol. The summed E-state index contributed by atoms with van der Waals surface area (Å²) in [6.07, 6.45) is 4.38. The molecule has 102 valence electrons. The zero-order valence-corrected chi connectivity index (χ0v) is 11.3. The predicted molar refractivity (Wildman–Crippen MR) is 69.3 cm³/mol. The zero-order chi connectivity index (χ0) is 13.4. The van der Waals surface area contributed by atoms with Gasteiger partial charge in [-0.25, -0.2) is 0 Å². The van der Waals surface area contributed by atoms with E-state index in [2.05, 4.69) is 19.0 Å². The van der Waals surface area contributed by atoms with Crippen molar-refractivity contribution < 1.29 is 10.0 Å². The minimum absolute atomic E-state index is 0.0564. The minimum atomic E-state index is -0.741. The van der Waals surface area contributed by atoms with Crippen LogP contribution in [0.25, 0.3) is 0 Å². The number of oxime groups is 1. The van der Waals surface area contributed by atoms with Crippen LogP contribution >= 0.6 is 0 Å². The lowest BCUT2D eigenvalue weighted by molar-refractivity contribution is -0.137. The Morgan fingerprint density at radius 2 is 1.89 bits per heavy atom. The first-order valence-corrected chi connectivity index (χ1v) is 6.69. The molecule has 0 aromatic carbocycles. The number of likely N-dealkylation sites (tertiary alicyclic amines) is 1. The maximum Gasteiger partial charge on any atom is 0.236 e. The monoisotopic (exact) mass is 253 g/mol. The Bertz CT molecular complexity index is 370. The number of carbonyl (C=O) groups is 1. The molecule has 0 spiro atoms. The van der Waals surface area contributed by atoms with E-state index in [9.17, 15) is 4.79 Å². The van der Waals surface area contributed by atoms with Crippen LogP contribution in [0.15, 0.2) is 5.16 Å². The van der Waals surface area contributed by atoms with Gasteiger partial charge in [0.15, 0.2) is 5.84 Å². The minimum Gasteiger partial charge on any atom is -0.409 e. The molecule has 0 atom stereocenters. The van der Waals surface area contributed by atoms with E-state index < -0.39 is 5.41 Å². The highest BCUT2D eigenvalue weighted by Gasteiger charge is 2.49. The Labute approximate surface area is 108 Å². The Balaban J connectivity index is 2.20. The number of carbonyl (C=O) groups excluding carboxylic acids is 1. The Morgan fingerprint density at radius 1 is 1.28 bits per heavy atom. The van der Waals surface area contributed by atoms with Crippen LogP contribution in [-0.2, 0) is 4.79 Å². The highest BCUT2D eigenvalue weighted by molar-refractivity contribution is 6.07. The van der Waals surface area contributed by atoms with Crippen molar-refractivity contribution in [2.24, 2.45) is 21.7 Å². The van der Waals surface area contributed by atoms with Gasteiger partial charge < -0.3 is 15.8 Å². The quantitative estimate of drug-likeness (QED) is 0.339. The van der Waals surface area contributed by atoms with Crippen LogP contribution in [0.1, 0.15) is 46.0 Å². The first-order valence-electron chi connectivity index (χ1n) is 6.69. The molecule has 5 heteroatoms. The highest BCUT2D eigenvalue weighted by Crippen LogP contribution is 2.42. The van der Waals surface area contributed by atoms with Gasteiger partial charge in [0.2, 0.25) is 5.91 Å². The number of amides is 1. The van der Waals surface area contributed by atoms with Gasteiger partial charge in [-0.05, 0) is 24.7 Å². The van der Waals surface area contributed by atoms with Crippen LogP contribution in [0, 0.1) is 10.8 Å². The molecule has 1 aliphatic heterocycles. The second kappa shape index (κ2) is 4.44. The van der Waals surface area contributed by atoms with E-state index in [4.69, 9.17) is 10.9 Å². The number of hydrogen-bond acceptors (Lipinski definition) is 3. The Kier molecular flexibility index (Phi) is 3.25. The molecule has 0 radical (unpaired) electrons. The lowest BCUT2D eigenvalue weighted by Gasteiger charge is -2.31. The zero-order valence-electron chi connectivity index (χ0n) is 11.3. The molecular weight excluding hydrogens is 230 g/mol. The molecule has 1 amide bonds. The summed E-state index contributed by atoms with van der Waals surface area (Å²) in [5.74, 6) is 0.149. The first kappa shape index (κ1) is 13.2. The fraction of sp³-hybridized carbons (Fsp3) is 0.846. The smallest absolute Gasteiger partial charge is 0.236 e. The lowest BCUT2D eigenvalue weighted by Crippen LogP contribution is -2.49. The lowest BCUT2D eigenvalue weighted by atomic mass is 9.83. The van der Waals surface area contributed by atoms with Gasteiger partial charge in [0.05, 0.1) is 0 Å². The molecule has 0 aromatic rings. The van der Waals surface area contributed by atoms with Gasteiger partial charge in [0, 0.05) is 13.1 Å². The summed E-state index contributed by atoms with van der Waals surface area (Å²) in [7, 11) is 0. The highest BCUT2D eigenvalue weighted by atomic mass is 16.4. The third-order valence-corrected chi connectivity index (χ3v) is 4.43. The molecule has 0 aromatic heterocycles. The maximum atomic E-state index is 12.7. The number of rotatable bonds is 2. The van der Waals surface area contributed by atoms with E-state index in [1.54, 1.807) is 0 Å². The predicted octanol–water partition coefficient (Wildman–Crippen LogP) is 1.55. The average Bonchev–Trinajstić information content (AvgIpc) is 2.94. The molecule has 2 fully saturated rings. The summed E-state index contributed by atoms with van der Waals surface area (Å²) in [6, 6.07) is 0. The fourth-order valence-corrected chi connectivity index (χ4v) is 3.24. The summed E-state index contributed by atoms with van der Waals surface area (Å²) in [5, 5.41) is 12.1. The topological polar surface area (TPSA) is 78.9 Å². The van der Waals surface area contributed by atoms with Crippen LogP contribution in [-0.4, -0.2) is 34.9 Å². The van der Waals surface area contributed by atoms with Crippen molar-refractivity contribution in [3.63, 3.8) is 0 Å². The molecule has 3 N–H and O–H groups in total. The number of nitrogens with two attached hydrogens (primary N) is 1. The molecule has 1 saturated carbocycles. The van der Waals surface area contributed by atoms with E-state index in [0.717, 1.165) is 32.4 Å². The van der Waals surface area contributed by atoms with Crippen LogP contribution in [0.2, 0.25) is 0 Å². The van der Waals surface area contributed by atoms with Crippen LogP contribution in [0.3, 0.4) is 0 Å². The molecule has 2 aliphatic rings. The van der Waals surface area contributed by atoms with Gasteiger partial charge in [-0.2, -0.15) is 0 Å². The number of amidine groups is 1. The van der Waals surface area contributed by atoms with E-state index in [1.165, 1.54) is 0 Å². The van der Waals surface area contributed by atoms with Crippen LogP contribution in [0.4, 0.5) is 0 Å². The van der Waals surface area contributed by atoms with Gasteiger partial charge in [0.25, 0.3) is 0 Å². The molecule has 1 aliphatic carbocycles. The van der Waals surface area contributed by atoms with E-state index >= 15 is 0 Å². The van der Waals surface area contributed by atoms with Crippen LogP contribution in [0.5, 0.6) is 0 Å². The Hall–Kier alpha value is -1.26. The molecule has 2 rings (SSSR count). The molecule has 18 heavy (non-hydrogen) atoms. The third-order valence-electron chi connectivity index (χ3n) is 4.43. The molecule has 5 nitrogen and oxygen atoms in total. The number of nitrogens with zero attached hydrogens (tertiary/aromatic N) is 2. The molecule has 1 heterocycles. The van der Waals surface area contributed by atoms with Gasteiger partial charge in [-0.3, -0.25) is 4.79 Å². The summed E-state index contributed by atoms with van der Waals surface area (Å²) in [6.45, 7) is 5.90. The van der Waals surface area contributed by atoms with E-state index in [1.807, 2.05) is 4.90 Å².